The van der Waals surface area contributed by atoms with Gasteiger partial charge in [0.1, 0.15) is 5.58 Å². The lowest BCUT2D eigenvalue weighted by atomic mass is 10.1. The second-order valence-electron chi connectivity index (χ2n) is 6.60. The highest BCUT2D eigenvalue weighted by molar-refractivity contribution is 7.80. The molecule has 0 saturated carbocycles. The Labute approximate surface area is 177 Å². The van der Waals surface area contributed by atoms with Crippen molar-refractivity contribution in [3.63, 3.8) is 0 Å². The third-order valence-corrected chi connectivity index (χ3v) is 4.74. The van der Waals surface area contributed by atoms with E-state index in [0.29, 0.717) is 22.3 Å². The third kappa shape index (κ3) is 4.64. The molecular formula is C21H17ClN4O2S. The molecule has 0 unspecified atom stereocenters. The molecule has 0 saturated heterocycles. The molecule has 0 bridgehead atoms. The lowest BCUT2D eigenvalue weighted by Gasteiger charge is -2.12. The number of nitrogens with one attached hydrogen (secondary N) is 2. The molecule has 4 aromatic rings. The summed E-state index contributed by atoms with van der Waals surface area (Å²) in [4.78, 5) is 11.6. The van der Waals surface area contributed by atoms with Crippen LogP contribution in [-0.2, 0) is 6.54 Å². The molecule has 4 rings (SSSR count). The molecule has 2 aromatic heterocycles. The highest BCUT2D eigenvalue weighted by Crippen LogP contribution is 2.21. The van der Waals surface area contributed by atoms with E-state index in [4.69, 9.17) is 28.2 Å². The Morgan fingerprint density at radius 2 is 1.97 bits per heavy atom. The van der Waals surface area contributed by atoms with Gasteiger partial charge in [-0.05, 0) is 54.5 Å². The number of nitrogens with zero attached hydrogens (tertiary/aromatic N) is 2. The average Bonchev–Trinajstić information content (AvgIpc) is 3.06. The molecule has 0 fully saturated rings. The molecule has 0 radical (unpaired) electrons. The topological polar surface area (TPSA) is 72.1 Å². The van der Waals surface area contributed by atoms with E-state index in [9.17, 15) is 4.79 Å². The van der Waals surface area contributed by atoms with Gasteiger partial charge < -0.3 is 15.1 Å². The minimum atomic E-state index is -0.372. The van der Waals surface area contributed by atoms with Crippen LogP contribution in [0.15, 0.2) is 70.1 Å². The number of fused-ring (bicyclic) bond motifs is 1. The number of thiocarbonyl (C=S) groups is 1. The first-order valence-corrected chi connectivity index (χ1v) is 9.64. The molecule has 0 amide bonds. The second-order valence-corrected chi connectivity index (χ2v) is 7.44. The molecule has 29 heavy (non-hydrogen) atoms. The average molecular weight is 425 g/mol. The zero-order valence-corrected chi connectivity index (χ0v) is 17.1. The van der Waals surface area contributed by atoms with Gasteiger partial charge in [0.25, 0.3) is 0 Å². The summed E-state index contributed by atoms with van der Waals surface area (Å²) in [6, 6.07) is 14.9. The van der Waals surface area contributed by atoms with Crippen LogP contribution in [0.5, 0.6) is 0 Å². The van der Waals surface area contributed by atoms with Crippen molar-refractivity contribution in [2.45, 2.75) is 13.5 Å². The van der Waals surface area contributed by atoms with E-state index in [2.05, 4.69) is 15.7 Å². The van der Waals surface area contributed by atoms with Crippen LogP contribution in [-0.4, -0.2) is 14.9 Å². The van der Waals surface area contributed by atoms with Crippen molar-refractivity contribution in [1.29, 1.82) is 0 Å². The Bertz CT molecular complexity index is 1270. The van der Waals surface area contributed by atoms with E-state index in [1.165, 1.54) is 6.07 Å². The van der Waals surface area contributed by atoms with Gasteiger partial charge in [-0.15, -0.1) is 0 Å². The van der Waals surface area contributed by atoms with Gasteiger partial charge in [0, 0.05) is 35.1 Å². The molecule has 0 aliphatic heterocycles. The highest BCUT2D eigenvalue weighted by atomic mass is 35.5. The van der Waals surface area contributed by atoms with Gasteiger partial charge in [-0.3, -0.25) is 4.68 Å². The molecule has 8 heteroatoms. The number of aromatic nitrogens is 2. The van der Waals surface area contributed by atoms with Crippen LogP contribution in [0.25, 0.3) is 11.0 Å². The molecule has 0 aliphatic rings. The van der Waals surface area contributed by atoms with Gasteiger partial charge in [0.2, 0.25) is 0 Å². The van der Waals surface area contributed by atoms with E-state index in [-0.39, 0.29) is 5.63 Å². The number of rotatable bonds is 4. The van der Waals surface area contributed by atoms with E-state index >= 15 is 0 Å². The lowest BCUT2D eigenvalue weighted by molar-refractivity contribution is 0.560. The summed E-state index contributed by atoms with van der Waals surface area (Å²) in [5.74, 6) is 0. The number of benzene rings is 2. The van der Waals surface area contributed by atoms with Gasteiger partial charge in [0.15, 0.2) is 5.11 Å². The van der Waals surface area contributed by atoms with Gasteiger partial charge in [-0.25, -0.2) is 4.79 Å². The lowest BCUT2D eigenvalue weighted by Crippen LogP contribution is -2.19. The predicted octanol–water partition coefficient (Wildman–Crippen LogP) is 4.81. The first kappa shape index (κ1) is 19.2. The van der Waals surface area contributed by atoms with Crippen LogP contribution in [0.4, 0.5) is 11.4 Å². The highest BCUT2D eigenvalue weighted by Gasteiger charge is 2.06. The van der Waals surface area contributed by atoms with E-state index < -0.39 is 0 Å². The smallest absolute Gasteiger partial charge is 0.336 e. The summed E-state index contributed by atoms with van der Waals surface area (Å²) in [5, 5.41) is 12.4. The SMILES string of the molecule is Cc1cc(=O)oc2cc(NC(=S)Nc3cccc(Cn4cc(Cl)cn4)c3)ccc12. The van der Waals surface area contributed by atoms with Crippen molar-refractivity contribution < 1.29 is 4.42 Å². The number of anilines is 2. The third-order valence-electron chi connectivity index (χ3n) is 4.34. The molecule has 2 heterocycles. The minimum absolute atomic E-state index is 0.372. The predicted molar refractivity (Wildman–Crippen MR) is 120 cm³/mol. The van der Waals surface area contributed by atoms with Gasteiger partial charge in [0.05, 0.1) is 17.8 Å². The molecule has 6 nitrogen and oxygen atoms in total. The Balaban J connectivity index is 1.46. The summed E-state index contributed by atoms with van der Waals surface area (Å²) in [6.45, 7) is 2.48. The molecular weight excluding hydrogens is 408 g/mol. The van der Waals surface area contributed by atoms with Gasteiger partial charge in [-0.1, -0.05) is 23.7 Å². The van der Waals surface area contributed by atoms with E-state index in [1.54, 1.807) is 23.1 Å². The summed E-state index contributed by atoms with van der Waals surface area (Å²) in [5.41, 5.74) is 3.65. The van der Waals surface area contributed by atoms with Crippen LogP contribution in [0.3, 0.4) is 0 Å². The normalized spacial score (nSPS) is 10.8. The zero-order chi connectivity index (χ0) is 20.4. The van der Waals surface area contributed by atoms with Crippen LogP contribution in [0.2, 0.25) is 5.02 Å². The summed E-state index contributed by atoms with van der Waals surface area (Å²) < 4.78 is 7.05. The van der Waals surface area contributed by atoms with Gasteiger partial charge >= 0.3 is 5.63 Å². The van der Waals surface area contributed by atoms with Crippen molar-refractivity contribution >= 4 is 51.3 Å². The van der Waals surface area contributed by atoms with Gasteiger partial charge in [-0.2, -0.15) is 5.10 Å². The van der Waals surface area contributed by atoms with Crippen LogP contribution < -0.4 is 16.3 Å². The standard InChI is InChI=1S/C21H17ClN4O2S/c1-13-7-20(27)28-19-9-17(5-6-18(13)19)25-21(29)24-16-4-2-3-14(8-16)11-26-12-15(22)10-23-26/h2-10,12H,11H2,1H3,(H2,24,25,29). The monoisotopic (exact) mass is 424 g/mol. The maximum Gasteiger partial charge on any atom is 0.336 e. The first-order chi connectivity index (χ1) is 14.0. The maximum absolute atomic E-state index is 11.6. The second kappa shape index (κ2) is 8.06. The summed E-state index contributed by atoms with van der Waals surface area (Å²) in [7, 11) is 0. The first-order valence-electron chi connectivity index (χ1n) is 8.86. The number of aryl methyl sites for hydroxylation is 1. The van der Waals surface area contributed by atoms with Crippen LogP contribution in [0, 0.1) is 6.92 Å². The van der Waals surface area contributed by atoms with E-state index in [0.717, 1.165) is 27.9 Å². The van der Waals surface area contributed by atoms with Crippen molar-refractivity contribution in [3.05, 3.63) is 87.5 Å². The Morgan fingerprint density at radius 3 is 2.72 bits per heavy atom. The molecule has 0 atom stereocenters. The van der Waals surface area contributed by atoms with Crippen molar-refractivity contribution in [1.82, 2.24) is 9.78 Å². The Kier molecular flexibility index (Phi) is 5.33. The summed E-state index contributed by atoms with van der Waals surface area (Å²) >= 11 is 11.3. The zero-order valence-electron chi connectivity index (χ0n) is 15.5. The molecule has 2 N–H and O–H groups in total. The molecule has 0 aliphatic carbocycles. The Hall–Kier alpha value is -3.16. The summed E-state index contributed by atoms with van der Waals surface area (Å²) in [6.07, 6.45) is 3.38. The van der Waals surface area contributed by atoms with Crippen molar-refractivity contribution in [3.8, 4) is 0 Å². The van der Waals surface area contributed by atoms with Crippen LogP contribution in [0.1, 0.15) is 11.1 Å². The molecule has 146 valence electrons. The van der Waals surface area contributed by atoms with Crippen LogP contribution >= 0.6 is 23.8 Å². The number of hydrogen-bond donors (Lipinski definition) is 2. The fraction of sp³-hybridized carbons (Fsp3) is 0.0952. The van der Waals surface area contributed by atoms with Crippen molar-refractivity contribution in [2.24, 2.45) is 0 Å². The van der Waals surface area contributed by atoms with Crippen molar-refractivity contribution in [2.75, 3.05) is 10.6 Å². The maximum atomic E-state index is 11.6. The van der Waals surface area contributed by atoms with E-state index in [1.807, 2.05) is 43.3 Å². The molecule has 0 spiro atoms. The largest absolute Gasteiger partial charge is 0.423 e. The minimum Gasteiger partial charge on any atom is -0.423 e. The number of hydrogen-bond acceptors (Lipinski definition) is 4. The fourth-order valence-electron chi connectivity index (χ4n) is 3.06. The fourth-order valence-corrected chi connectivity index (χ4v) is 3.45. The Morgan fingerprint density at radius 1 is 1.17 bits per heavy atom. The quantitative estimate of drug-likeness (QED) is 0.362. The number of halogens is 1. The molecule has 2 aromatic carbocycles.